The summed E-state index contributed by atoms with van der Waals surface area (Å²) in [5.41, 5.74) is -0.967. The summed E-state index contributed by atoms with van der Waals surface area (Å²) in [6.07, 6.45) is -2.86. The van der Waals surface area contributed by atoms with E-state index in [0.717, 1.165) is 17.8 Å². The number of anilines is 1. The van der Waals surface area contributed by atoms with E-state index in [2.05, 4.69) is 15.3 Å². The zero-order valence-electron chi connectivity index (χ0n) is 14.9. The van der Waals surface area contributed by atoms with Gasteiger partial charge in [0.2, 0.25) is 5.91 Å². The van der Waals surface area contributed by atoms with E-state index in [-0.39, 0.29) is 28.7 Å². The van der Waals surface area contributed by atoms with Gasteiger partial charge in [-0.2, -0.15) is 13.2 Å². The molecule has 1 amide bonds. The number of hydrogen-bond acceptors (Lipinski definition) is 5. The van der Waals surface area contributed by atoms with E-state index in [1.165, 1.54) is 30.5 Å². The van der Waals surface area contributed by atoms with Crippen molar-refractivity contribution in [2.45, 2.75) is 24.2 Å². The van der Waals surface area contributed by atoms with Crippen molar-refractivity contribution in [1.29, 1.82) is 0 Å². The van der Waals surface area contributed by atoms with Gasteiger partial charge in [0.25, 0.3) is 0 Å². The van der Waals surface area contributed by atoms with Gasteiger partial charge in [0.15, 0.2) is 10.9 Å². The Morgan fingerprint density at radius 1 is 1.14 bits per heavy atom. The van der Waals surface area contributed by atoms with Crippen LogP contribution in [-0.2, 0) is 11.0 Å². The van der Waals surface area contributed by atoms with E-state index in [1.54, 1.807) is 12.1 Å². The number of alkyl halides is 3. The van der Waals surface area contributed by atoms with Gasteiger partial charge in [-0.3, -0.25) is 4.79 Å². The van der Waals surface area contributed by atoms with Crippen LogP contribution in [0.15, 0.2) is 58.3 Å². The molecule has 29 heavy (non-hydrogen) atoms. The standard InChI is InChI=1S/C19H15F4N3O2S/c20-12-5-1-2-6-13(12)24-17(27)8-4-10-29-18-25-14(15-7-3-9-28-15)11-16(26-18)19(21,22)23/h1-3,5-7,9,11H,4,8,10H2,(H,24,27). The van der Waals surface area contributed by atoms with Gasteiger partial charge in [0.1, 0.15) is 17.2 Å². The van der Waals surface area contributed by atoms with Crippen molar-refractivity contribution in [1.82, 2.24) is 9.97 Å². The fraction of sp³-hybridized carbons (Fsp3) is 0.211. The highest BCUT2D eigenvalue weighted by Gasteiger charge is 2.34. The number of amides is 1. The van der Waals surface area contributed by atoms with Crippen LogP contribution in [-0.4, -0.2) is 21.6 Å². The molecule has 0 radical (unpaired) electrons. The van der Waals surface area contributed by atoms with Crippen molar-refractivity contribution in [3.63, 3.8) is 0 Å². The zero-order chi connectivity index (χ0) is 20.9. The lowest BCUT2D eigenvalue weighted by Gasteiger charge is -2.09. The van der Waals surface area contributed by atoms with Gasteiger partial charge in [0.05, 0.1) is 12.0 Å². The quantitative estimate of drug-likeness (QED) is 0.237. The van der Waals surface area contributed by atoms with Gasteiger partial charge in [0, 0.05) is 12.2 Å². The molecule has 0 saturated carbocycles. The number of carbonyl (C=O) groups is 1. The van der Waals surface area contributed by atoms with Crippen LogP contribution in [0.4, 0.5) is 23.2 Å². The van der Waals surface area contributed by atoms with Gasteiger partial charge in [-0.25, -0.2) is 14.4 Å². The summed E-state index contributed by atoms with van der Waals surface area (Å²) in [6, 6.07) is 9.64. The molecule has 152 valence electrons. The van der Waals surface area contributed by atoms with Crippen molar-refractivity contribution < 1.29 is 26.8 Å². The molecular weight excluding hydrogens is 410 g/mol. The Labute approximate surface area is 167 Å². The number of hydrogen-bond donors (Lipinski definition) is 1. The Hall–Kier alpha value is -2.88. The molecule has 2 heterocycles. The normalized spacial score (nSPS) is 11.4. The molecule has 1 N–H and O–H groups in total. The minimum atomic E-state index is -4.63. The van der Waals surface area contributed by atoms with E-state index < -0.39 is 23.6 Å². The molecule has 0 aliphatic rings. The van der Waals surface area contributed by atoms with E-state index in [1.807, 2.05) is 0 Å². The molecule has 3 rings (SSSR count). The molecular formula is C19H15F4N3O2S. The van der Waals surface area contributed by atoms with Crippen molar-refractivity contribution in [2.24, 2.45) is 0 Å². The lowest BCUT2D eigenvalue weighted by molar-refractivity contribution is -0.141. The second-order valence-electron chi connectivity index (χ2n) is 5.88. The average molecular weight is 425 g/mol. The van der Waals surface area contributed by atoms with Gasteiger partial charge >= 0.3 is 6.18 Å². The Kier molecular flexibility index (Phi) is 6.53. The highest BCUT2D eigenvalue weighted by molar-refractivity contribution is 7.99. The van der Waals surface area contributed by atoms with Gasteiger partial charge < -0.3 is 9.73 Å². The van der Waals surface area contributed by atoms with E-state index >= 15 is 0 Å². The molecule has 10 heteroatoms. The number of thioether (sulfide) groups is 1. The number of nitrogens with zero attached hydrogens (tertiary/aromatic N) is 2. The van der Waals surface area contributed by atoms with E-state index in [4.69, 9.17) is 4.42 Å². The summed E-state index contributed by atoms with van der Waals surface area (Å²) in [5.74, 6) is -0.428. The minimum Gasteiger partial charge on any atom is -0.463 e. The lowest BCUT2D eigenvalue weighted by atomic mass is 10.2. The van der Waals surface area contributed by atoms with Crippen molar-refractivity contribution in [3.8, 4) is 11.5 Å². The van der Waals surface area contributed by atoms with Crippen LogP contribution in [0.3, 0.4) is 0 Å². The maximum Gasteiger partial charge on any atom is 0.433 e. The van der Waals surface area contributed by atoms with Crippen LogP contribution in [0.2, 0.25) is 0 Å². The lowest BCUT2D eigenvalue weighted by Crippen LogP contribution is -2.12. The average Bonchev–Trinajstić information content (AvgIpc) is 3.21. The van der Waals surface area contributed by atoms with Gasteiger partial charge in [-0.05, 0) is 36.8 Å². The van der Waals surface area contributed by atoms with Crippen LogP contribution < -0.4 is 5.32 Å². The topological polar surface area (TPSA) is 68.0 Å². The maximum absolute atomic E-state index is 13.5. The summed E-state index contributed by atoms with van der Waals surface area (Å²) in [7, 11) is 0. The SMILES string of the molecule is O=C(CCCSc1nc(-c2ccco2)cc(C(F)(F)F)n1)Nc1ccccc1F. The first kappa shape index (κ1) is 20.8. The summed E-state index contributed by atoms with van der Waals surface area (Å²) >= 11 is 0.996. The largest absolute Gasteiger partial charge is 0.463 e. The predicted octanol–water partition coefficient (Wildman–Crippen LogP) is 5.41. The number of benzene rings is 1. The predicted molar refractivity (Wildman–Crippen MR) is 99.7 cm³/mol. The maximum atomic E-state index is 13.5. The summed E-state index contributed by atoms with van der Waals surface area (Å²) in [5, 5.41) is 2.38. The van der Waals surface area contributed by atoms with Crippen LogP contribution in [0.5, 0.6) is 0 Å². The molecule has 1 aromatic carbocycles. The first-order valence-corrected chi connectivity index (χ1v) is 9.49. The Balaban J connectivity index is 1.59. The van der Waals surface area contributed by atoms with Crippen LogP contribution in [0.1, 0.15) is 18.5 Å². The zero-order valence-corrected chi connectivity index (χ0v) is 15.7. The van der Waals surface area contributed by atoms with Crippen LogP contribution >= 0.6 is 11.8 Å². The molecule has 0 bridgehead atoms. The van der Waals surface area contributed by atoms with Crippen molar-refractivity contribution in [2.75, 3.05) is 11.1 Å². The molecule has 3 aromatic rings. The molecule has 5 nitrogen and oxygen atoms in total. The Morgan fingerprint density at radius 3 is 2.62 bits per heavy atom. The van der Waals surface area contributed by atoms with Crippen molar-refractivity contribution >= 4 is 23.4 Å². The molecule has 2 aromatic heterocycles. The summed E-state index contributed by atoms with van der Waals surface area (Å²) in [4.78, 5) is 19.5. The molecule has 0 aliphatic carbocycles. The molecule has 0 saturated heterocycles. The number of nitrogens with one attached hydrogen (secondary N) is 1. The number of carbonyl (C=O) groups excluding carboxylic acids is 1. The smallest absolute Gasteiger partial charge is 0.433 e. The fourth-order valence-electron chi connectivity index (χ4n) is 2.36. The molecule has 0 aliphatic heterocycles. The molecule has 0 unspecified atom stereocenters. The van der Waals surface area contributed by atoms with Gasteiger partial charge in [-0.1, -0.05) is 23.9 Å². The number of rotatable bonds is 7. The van der Waals surface area contributed by atoms with Gasteiger partial charge in [-0.15, -0.1) is 0 Å². The second kappa shape index (κ2) is 9.08. The fourth-order valence-corrected chi connectivity index (χ4v) is 3.15. The number of furan rings is 1. The number of para-hydroxylation sites is 1. The van der Waals surface area contributed by atoms with Crippen LogP contribution in [0.25, 0.3) is 11.5 Å². The molecule has 0 spiro atoms. The number of halogens is 4. The van der Waals surface area contributed by atoms with Crippen LogP contribution in [0, 0.1) is 5.82 Å². The molecule has 0 atom stereocenters. The minimum absolute atomic E-state index is 0.0251. The summed E-state index contributed by atoms with van der Waals surface area (Å²) < 4.78 is 58.0. The van der Waals surface area contributed by atoms with E-state index in [9.17, 15) is 22.4 Å². The Bertz CT molecular complexity index is 978. The second-order valence-corrected chi connectivity index (χ2v) is 6.94. The first-order chi connectivity index (χ1) is 13.8. The highest BCUT2D eigenvalue weighted by atomic mass is 32.2. The Morgan fingerprint density at radius 2 is 1.93 bits per heavy atom. The third kappa shape index (κ3) is 5.80. The highest BCUT2D eigenvalue weighted by Crippen LogP contribution is 2.32. The summed E-state index contributed by atoms with van der Waals surface area (Å²) in [6.45, 7) is 0. The first-order valence-electron chi connectivity index (χ1n) is 8.50. The third-order valence-electron chi connectivity index (χ3n) is 3.70. The third-order valence-corrected chi connectivity index (χ3v) is 4.63. The molecule has 0 fully saturated rings. The number of aromatic nitrogens is 2. The van der Waals surface area contributed by atoms with Crippen molar-refractivity contribution in [3.05, 3.63) is 60.2 Å². The monoisotopic (exact) mass is 425 g/mol. The van der Waals surface area contributed by atoms with E-state index in [0.29, 0.717) is 12.2 Å².